The molecule has 0 aliphatic carbocycles. The van der Waals surface area contributed by atoms with Crippen molar-refractivity contribution < 1.29 is 14.7 Å². The largest absolute Gasteiger partial charge is 0.507 e. The highest BCUT2D eigenvalue weighted by Crippen LogP contribution is 2.41. The molecule has 0 saturated carbocycles. The number of carbonyl (C=O) groups is 2. The van der Waals surface area contributed by atoms with Crippen molar-refractivity contribution in [2.24, 2.45) is 0 Å². The maximum Gasteiger partial charge on any atom is 0.295 e. The van der Waals surface area contributed by atoms with E-state index in [2.05, 4.69) is 0 Å². The third-order valence-electron chi connectivity index (χ3n) is 4.33. The lowest BCUT2D eigenvalue weighted by Gasteiger charge is -2.25. The van der Waals surface area contributed by atoms with Crippen molar-refractivity contribution in [2.45, 2.75) is 6.04 Å². The molecular formula is C19H18Cl2N2O3S. The van der Waals surface area contributed by atoms with Crippen LogP contribution in [0.4, 0.5) is 0 Å². The van der Waals surface area contributed by atoms with Gasteiger partial charge < -0.3 is 14.9 Å². The standard InChI is InChI=1S/C19H18Cl2N2O3S/c1-22(2)7-8-23-16(14-4-3-9-27-14)15(18(25)19(23)26)17(24)11-5-6-12(20)13(21)10-11/h3-6,9-10,16,24H,7-8H2,1-2H3/b17-15-. The quantitative estimate of drug-likeness (QED) is 0.446. The molecule has 5 nitrogen and oxygen atoms in total. The number of likely N-dealkylation sites (tertiary alicyclic amines) is 1. The number of hydrogen-bond acceptors (Lipinski definition) is 5. The van der Waals surface area contributed by atoms with Gasteiger partial charge in [0.2, 0.25) is 0 Å². The van der Waals surface area contributed by atoms with Gasteiger partial charge in [-0.2, -0.15) is 0 Å². The van der Waals surface area contributed by atoms with Crippen LogP contribution in [0, 0.1) is 0 Å². The molecule has 1 aromatic heterocycles. The van der Waals surface area contributed by atoms with Crippen LogP contribution in [0.1, 0.15) is 16.5 Å². The summed E-state index contributed by atoms with van der Waals surface area (Å²) in [4.78, 5) is 29.7. The molecule has 3 rings (SSSR count). The van der Waals surface area contributed by atoms with E-state index in [0.717, 1.165) is 4.88 Å². The fraction of sp³-hybridized carbons (Fsp3) is 0.263. The van der Waals surface area contributed by atoms with Crippen molar-refractivity contribution >= 4 is 52.0 Å². The minimum absolute atomic E-state index is 0.0691. The summed E-state index contributed by atoms with van der Waals surface area (Å²) in [6.45, 7) is 0.972. The van der Waals surface area contributed by atoms with Gasteiger partial charge in [0.1, 0.15) is 5.76 Å². The summed E-state index contributed by atoms with van der Waals surface area (Å²) >= 11 is 13.4. The normalized spacial score (nSPS) is 19.3. The Hall–Kier alpha value is -1.86. The SMILES string of the molecule is CN(C)CCN1C(=O)C(=O)/C(=C(\O)c2ccc(Cl)c(Cl)c2)C1c1cccs1. The zero-order valence-electron chi connectivity index (χ0n) is 14.8. The van der Waals surface area contributed by atoms with Crippen LogP contribution < -0.4 is 0 Å². The Bertz CT molecular complexity index is 910. The second kappa shape index (κ2) is 8.02. The van der Waals surface area contributed by atoms with Gasteiger partial charge in [-0.05, 0) is 43.7 Å². The molecule has 1 atom stereocenters. The van der Waals surface area contributed by atoms with Gasteiger partial charge in [-0.3, -0.25) is 9.59 Å². The summed E-state index contributed by atoms with van der Waals surface area (Å²) < 4.78 is 0. The van der Waals surface area contributed by atoms with Gasteiger partial charge in [-0.15, -0.1) is 11.3 Å². The van der Waals surface area contributed by atoms with Gasteiger partial charge >= 0.3 is 0 Å². The first-order valence-corrected chi connectivity index (χ1v) is 9.86. The van der Waals surface area contributed by atoms with E-state index in [1.807, 2.05) is 36.5 Å². The summed E-state index contributed by atoms with van der Waals surface area (Å²) in [5.41, 5.74) is 0.413. The Morgan fingerprint density at radius 2 is 1.96 bits per heavy atom. The predicted octanol–water partition coefficient (Wildman–Crippen LogP) is 4.04. The van der Waals surface area contributed by atoms with Crippen LogP contribution >= 0.6 is 34.5 Å². The maximum atomic E-state index is 12.8. The number of thiophene rings is 1. The van der Waals surface area contributed by atoms with E-state index in [0.29, 0.717) is 23.7 Å². The van der Waals surface area contributed by atoms with E-state index in [9.17, 15) is 14.7 Å². The first-order valence-electron chi connectivity index (χ1n) is 8.23. The number of carbonyl (C=O) groups excluding carboxylic acids is 2. The van der Waals surface area contributed by atoms with Crippen LogP contribution in [0.2, 0.25) is 10.0 Å². The number of Topliss-reactive ketones (excluding diaryl/α,β-unsaturated/α-hetero) is 1. The van der Waals surface area contributed by atoms with Gasteiger partial charge in [-0.1, -0.05) is 29.3 Å². The average Bonchev–Trinajstić information content (AvgIpc) is 3.23. The molecule has 1 aliphatic heterocycles. The van der Waals surface area contributed by atoms with Crippen molar-refractivity contribution in [3.8, 4) is 0 Å². The second-order valence-electron chi connectivity index (χ2n) is 6.44. The molecule has 1 saturated heterocycles. The number of ketones is 1. The highest BCUT2D eigenvalue weighted by molar-refractivity contribution is 7.10. The number of benzene rings is 1. The van der Waals surface area contributed by atoms with Crippen molar-refractivity contribution in [2.75, 3.05) is 27.2 Å². The Morgan fingerprint density at radius 3 is 2.56 bits per heavy atom. The number of aliphatic hydroxyl groups excluding tert-OH is 1. The minimum Gasteiger partial charge on any atom is -0.507 e. The Labute approximate surface area is 171 Å². The van der Waals surface area contributed by atoms with Crippen molar-refractivity contribution in [3.05, 3.63) is 61.8 Å². The molecule has 0 radical (unpaired) electrons. The number of amides is 1. The number of hydrogen-bond donors (Lipinski definition) is 1. The lowest BCUT2D eigenvalue weighted by atomic mass is 10.00. The Morgan fingerprint density at radius 1 is 1.22 bits per heavy atom. The third kappa shape index (κ3) is 3.89. The van der Waals surface area contributed by atoms with E-state index in [1.54, 1.807) is 12.1 Å². The predicted molar refractivity (Wildman–Crippen MR) is 108 cm³/mol. The fourth-order valence-electron chi connectivity index (χ4n) is 2.96. The molecule has 2 aromatic rings. The van der Waals surface area contributed by atoms with Gasteiger partial charge in [0, 0.05) is 23.5 Å². The summed E-state index contributed by atoms with van der Waals surface area (Å²) in [5.74, 6) is -1.56. The summed E-state index contributed by atoms with van der Waals surface area (Å²) in [6, 6.07) is 7.68. The molecule has 27 heavy (non-hydrogen) atoms. The topological polar surface area (TPSA) is 60.9 Å². The fourth-order valence-corrected chi connectivity index (χ4v) is 4.10. The van der Waals surface area contributed by atoms with E-state index >= 15 is 0 Å². The van der Waals surface area contributed by atoms with E-state index < -0.39 is 17.7 Å². The number of nitrogens with zero attached hydrogens (tertiary/aromatic N) is 2. The van der Waals surface area contributed by atoms with Crippen LogP contribution in [-0.4, -0.2) is 53.8 Å². The molecule has 142 valence electrons. The molecule has 1 aliphatic rings. The molecule has 1 N–H and O–H groups in total. The van der Waals surface area contributed by atoms with Gasteiger partial charge in [0.15, 0.2) is 0 Å². The molecule has 1 fully saturated rings. The summed E-state index contributed by atoms with van der Waals surface area (Å²) in [7, 11) is 3.79. The van der Waals surface area contributed by atoms with Gasteiger partial charge in [0.25, 0.3) is 11.7 Å². The molecule has 2 heterocycles. The number of halogens is 2. The van der Waals surface area contributed by atoms with E-state index in [-0.39, 0.29) is 16.4 Å². The van der Waals surface area contributed by atoms with Crippen LogP contribution in [0.15, 0.2) is 41.3 Å². The zero-order chi connectivity index (χ0) is 19.7. The lowest BCUT2D eigenvalue weighted by molar-refractivity contribution is -0.140. The third-order valence-corrected chi connectivity index (χ3v) is 6.00. The van der Waals surface area contributed by atoms with E-state index in [1.165, 1.54) is 22.3 Å². The highest BCUT2D eigenvalue weighted by atomic mass is 35.5. The summed E-state index contributed by atoms with van der Waals surface area (Å²) in [5, 5.41) is 13.3. The first kappa shape index (κ1) is 19.9. The minimum atomic E-state index is -0.698. The molecular weight excluding hydrogens is 407 g/mol. The van der Waals surface area contributed by atoms with Crippen molar-refractivity contribution in [1.82, 2.24) is 9.80 Å². The first-order chi connectivity index (χ1) is 12.8. The van der Waals surface area contributed by atoms with Crippen LogP contribution in [0.3, 0.4) is 0 Å². The number of aliphatic hydroxyl groups is 1. The van der Waals surface area contributed by atoms with Crippen LogP contribution in [0.25, 0.3) is 5.76 Å². The smallest absolute Gasteiger partial charge is 0.295 e. The van der Waals surface area contributed by atoms with Crippen LogP contribution in [-0.2, 0) is 9.59 Å². The van der Waals surface area contributed by atoms with Gasteiger partial charge in [-0.25, -0.2) is 0 Å². The average molecular weight is 425 g/mol. The highest BCUT2D eigenvalue weighted by Gasteiger charge is 2.46. The number of rotatable bonds is 5. The molecule has 1 unspecified atom stereocenters. The molecule has 1 aromatic carbocycles. The monoisotopic (exact) mass is 424 g/mol. The molecule has 0 bridgehead atoms. The van der Waals surface area contributed by atoms with Crippen molar-refractivity contribution in [1.29, 1.82) is 0 Å². The molecule has 8 heteroatoms. The Kier molecular flexibility index (Phi) is 5.91. The second-order valence-corrected chi connectivity index (χ2v) is 8.23. The van der Waals surface area contributed by atoms with Gasteiger partial charge in [0.05, 0.1) is 21.7 Å². The molecule has 0 spiro atoms. The number of likely N-dealkylation sites (N-methyl/N-ethyl adjacent to an activating group) is 1. The van der Waals surface area contributed by atoms with Crippen molar-refractivity contribution in [3.63, 3.8) is 0 Å². The lowest BCUT2D eigenvalue weighted by Crippen LogP contribution is -2.35. The Balaban J connectivity index is 2.12. The van der Waals surface area contributed by atoms with E-state index in [4.69, 9.17) is 23.2 Å². The molecule has 1 amide bonds. The van der Waals surface area contributed by atoms with Crippen LogP contribution in [0.5, 0.6) is 0 Å². The maximum absolute atomic E-state index is 12.8. The zero-order valence-corrected chi connectivity index (χ0v) is 17.1. The summed E-state index contributed by atoms with van der Waals surface area (Å²) in [6.07, 6.45) is 0.